The minimum Gasteiger partial charge on any atom is -0.480 e. The van der Waals surface area contributed by atoms with Crippen molar-refractivity contribution in [2.75, 3.05) is 0 Å². The number of hydrogen-bond donors (Lipinski definition) is 1. The number of carbonyl (C=O) groups excluding carboxylic acids is 2. The van der Waals surface area contributed by atoms with E-state index in [1.807, 2.05) is 6.92 Å². The van der Waals surface area contributed by atoms with Crippen molar-refractivity contribution in [1.29, 1.82) is 0 Å². The highest BCUT2D eigenvalue weighted by Crippen LogP contribution is 2.30. The molecule has 2 heterocycles. The van der Waals surface area contributed by atoms with E-state index in [1.165, 1.54) is 0 Å². The largest absolute Gasteiger partial charge is 0.480 e. The number of unbranched alkanes of at least 4 members (excludes halogenated alkanes) is 1. The minimum atomic E-state index is -1.12. The van der Waals surface area contributed by atoms with E-state index in [0.717, 1.165) is 11.3 Å². The number of hydrogen-bond acceptors (Lipinski definition) is 4. The Morgan fingerprint density at radius 2 is 1.94 bits per heavy atom. The highest BCUT2D eigenvalue weighted by molar-refractivity contribution is 6.05. The summed E-state index contributed by atoms with van der Waals surface area (Å²) < 4.78 is 5.25. The van der Waals surface area contributed by atoms with Crippen molar-refractivity contribution < 1.29 is 24.2 Å². The molecule has 2 bridgehead atoms. The fourth-order valence-electron chi connectivity index (χ4n) is 2.49. The Labute approximate surface area is 105 Å². The van der Waals surface area contributed by atoms with Crippen LogP contribution in [0, 0.1) is 0 Å². The van der Waals surface area contributed by atoms with Gasteiger partial charge in [-0.25, -0.2) is 4.79 Å². The van der Waals surface area contributed by atoms with Crippen LogP contribution in [-0.4, -0.2) is 46.0 Å². The zero-order chi connectivity index (χ0) is 13.3. The zero-order valence-electron chi connectivity index (χ0n) is 10.3. The van der Waals surface area contributed by atoms with Crippen LogP contribution in [0.1, 0.15) is 39.0 Å². The summed E-state index contributed by atoms with van der Waals surface area (Å²) in [6.07, 6.45) is 1.56. The summed E-state index contributed by atoms with van der Waals surface area (Å²) >= 11 is 0. The molecule has 2 fully saturated rings. The monoisotopic (exact) mass is 255 g/mol. The second-order valence-corrected chi connectivity index (χ2v) is 4.73. The molecule has 0 saturated carbocycles. The van der Waals surface area contributed by atoms with Crippen LogP contribution in [-0.2, 0) is 19.1 Å². The first-order chi connectivity index (χ1) is 8.56. The zero-order valence-corrected chi connectivity index (χ0v) is 10.3. The predicted octanol–water partition coefficient (Wildman–Crippen LogP) is 0.546. The molecule has 2 rings (SSSR count). The van der Waals surface area contributed by atoms with Gasteiger partial charge in [-0.1, -0.05) is 19.8 Å². The molecule has 3 atom stereocenters. The number of aliphatic carboxylic acids is 1. The minimum absolute atomic E-state index is 0.308. The number of carboxylic acid groups (broad SMARTS) is 1. The van der Waals surface area contributed by atoms with Gasteiger partial charge in [0.2, 0.25) is 0 Å². The number of amides is 2. The Kier molecular flexibility index (Phi) is 3.65. The molecule has 2 saturated heterocycles. The van der Waals surface area contributed by atoms with Gasteiger partial charge < -0.3 is 9.84 Å². The summed E-state index contributed by atoms with van der Waals surface area (Å²) in [5, 5.41) is 9.19. The standard InChI is InChI=1S/C12H17NO5/c1-2-3-4-7(12(16)17)13-10(14)8-5-6-9(18-8)11(13)15/h7-9H,2-6H2,1H3,(H,16,17). The Morgan fingerprint density at radius 3 is 2.39 bits per heavy atom. The first-order valence-corrected chi connectivity index (χ1v) is 6.31. The molecule has 18 heavy (non-hydrogen) atoms. The van der Waals surface area contributed by atoms with E-state index < -0.39 is 36.0 Å². The van der Waals surface area contributed by atoms with Crippen LogP contribution in [0.25, 0.3) is 0 Å². The third kappa shape index (κ3) is 2.12. The van der Waals surface area contributed by atoms with Gasteiger partial charge in [-0.3, -0.25) is 14.5 Å². The van der Waals surface area contributed by atoms with Gasteiger partial charge >= 0.3 is 5.97 Å². The van der Waals surface area contributed by atoms with Crippen LogP contribution < -0.4 is 0 Å². The Balaban J connectivity index is 2.20. The van der Waals surface area contributed by atoms with E-state index in [2.05, 4.69) is 0 Å². The quantitative estimate of drug-likeness (QED) is 0.725. The van der Waals surface area contributed by atoms with Gasteiger partial charge in [0.15, 0.2) is 0 Å². The topological polar surface area (TPSA) is 83.9 Å². The molecule has 0 aromatic heterocycles. The van der Waals surface area contributed by atoms with Gasteiger partial charge in [-0.2, -0.15) is 0 Å². The average Bonchev–Trinajstić information content (AvgIpc) is 2.77. The van der Waals surface area contributed by atoms with E-state index in [-0.39, 0.29) is 0 Å². The van der Waals surface area contributed by atoms with Gasteiger partial charge in [0.05, 0.1) is 0 Å². The van der Waals surface area contributed by atoms with Crippen LogP contribution in [0.5, 0.6) is 0 Å². The van der Waals surface area contributed by atoms with Crippen molar-refractivity contribution >= 4 is 17.8 Å². The van der Waals surface area contributed by atoms with Crippen LogP contribution in [0.4, 0.5) is 0 Å². The molecule has 3 unspecified atom stereocenters. The lowest BCUT2D eigenvalue weighted by molar-refractivity contribution is -0.176. The molecule has 6 nitrogen and oxygen atoms in total. The van der Waals surface area contributed by atoms with Crippen LogP contribution in [0.15, 0.2) is 0 Å². The maximum atomic E-state index is 12.0. The van der Waals surface area contributed by atoms with E-state index in [9.17, 15) is 19.5 Å². The van der Waals surface area contributed by atoms with Crippen molar-refractivity contribution in [3.05, 3.63) is 0 Å². The molecule has 0 aliphatic carbocycles. The number of nitrogens with zero attached hydrogens (tertiary/aromatic N) is 1. The van der Waals surface area contributed by atoms with Gasteiger partial charge in [0.1, 0.15) is 18.2 Å². The Hall–Kier alpha value is -1.43. The van der Waals surface area contributed by atoms with Crippen molar-refractivity contribution in [3.8, 4) is 0 Å². The first-order valence-electron chi connectivity index (χ1n) is 6.31. The summed E-state index contributed by atoms with van der Waals surface area (Å²) in [6, 6.07) is -1.04. The lowest BCUT2D eigenvalue weighted by Crippen LogP contribution is -2.58. The van der Waals surface area contributed by atoms with Crippen LogP contribution in [0.2, 0.25) is 0 Å². The molecular formula is C12H17NO5. The van der Waals surface area contributed by atoms with Crippen molar-refractivity contribution in [1.82, 2.24) is 4.90 Å². The van der Waals surface area contributed by atoms with Gasteiger partial charge in [-0.05, 0) is 19.3 Å². The summed E-state index contributed by atoms with van der Waals surface area (Å²) in [5.41, 5.74) is 0. The van der Waals surface area contributed by atoms with Crippen molar-refractivity contribution in [2.45, 2.75) is 57.3 Å². The molecule has 0 aromatic carbocycles. The second-order valence-electron chi connectivity index (χ2n) is 4.73. The van der Waals surface area contributed by atoms with Crippen LogP contribution in [0.3, 0.4) is 0 Å². The number of imide groups is 1. The number of likely N-dealkylation sites (tertiary alicyclic amines) is 1. The fourth-order valence-corrected chi connectivity index (χ4v) is 2.49. The maximum Gasteiger partial charge on any atom is 0.326 e. The Morgan fingerprint density at radius 1 is 1.39 bits per heavy atom. The third-order valence-corrected chi connectivity index (χ3v) is 3.47. The van der Waals surface area contributed by atoms with E-state index in [4.69, 9.17) is 4.74 Å². The van der Waals surface area contributed by atoms with Gasteiger partial charge in [0.25, 0.3) is 11.8 Å². The predicted molar refractivity (Wildman–Crippen MR) is 60.7 cm³/mol. The molecule has 2 amide bonds. The normalized spacial score (nSPS) is 28.6. The highest BCUT2D eigenvalue weighted by atomic mass is 16.5. The first kappa shape index (κ1) is 13.0. The lowest BCUT2D eigenvalue weighted by Gasteiger charge is -2.33. The molecule has 1 N–H and O–H groups in total. The van der Waals surface area contributed by atoms with Crippen LogP contribution >= 0.6 is 0 Å². The number of rotatable bonds is 5. The van der Waals surface area contributed by atoms with E-state index in [0.29, 0.717) is 25.7 Å². The fraction of sp³-hybridized carbons (Fsp3) is 0.750. The summed E-state index contributed by atoms with van der Waals surface area (Å²) in [4.78, 5) is 36.2. The number of carboxylic acids is 1. The molecule has 100 valence electrons. The average molecular weight is 255 g/mol. The molecule has 0 radical (unpaired) electrons. The van der Waals surface area contributed by atoms with Gasteiger partial charge in [-0.15, -0.1) is 0 Å². The molecular weight excluding hydrogens is 238 g/mol. The lowest BCUT2D eigenvalue weighted by atomic mass is 10.1. The van der Waals surface area contributed by atoms with E-state index >= 15 is 0 Å². The summed E-state index contributed by atoms with van der Waals surface area (Å²) in [6.45, 7) is 1.94. The van der Waals surface area contributed by atoms with E-state index in [1.54, 1.807) is 0 Å². The van der Waals surface area contributed by atoms with Crippen molar-refractivity contribution in [2.24, 2.45) is 0 Å². The number of fused-ring (bicyclic) bond motifs is 2. The number of morpholine rings is 1. The van der Waals surface area contributed by atoms with Crippen molar-refractivity contribution in [3.63, 3.8) is 0 Å². The summed E-state index contributed by atoms with van der Waals surface area (Å²) in [5.74, 6) is -2.10. The Bertz CT molecular complexity index is 359. The smallest absolute Gasteiger partial charge is 0.326 e. The number of carbonyl (C=O) groups is 3. The molecule has 0 spiro atoms. The number of ether oxygens (including phenoxy) is 1. The molecule has 2 aliphatic heterocycles. The molecule has 6 heteroatoms. The second kappa shape index (κ2) is 5.06. The van der Waals surface area contributed by atoms with Gasteiger partial charge in [0, 0.05) is 0 Å². The maximum absolute atomic E-state index is 12.0. The third-order valence-electron chi connectivity index (χ3n) is 3.47. The molecule has 2 aliphatic rings. The summed E-state index contributed by atoms with van der Waals surface area (Å²) in [7, 11) is 0. The highest BCUT2D eigenvalue weighted by Gasteiger charge is 2.50. The molecule has 0 aromatic rings. The SMILES string of the molecule is CCCCC(C(=O)O)N1C(=O)C2CCC(O2)C1=O.